The van der Waals surface area contributed by atoms with E-state index in [4.69, 9.17) is 9.84 Å². The van der Waals surface area contributed by atoms with Crippen LogP contribution >= 0.6 is 11.3 Å². The normalized spacial score (nSPS) is 10.7. The van der Waals surface area contributed by atoms with Crippen molar-refractivity contribution in [2.45, 2.75) is 19.9 Å². The summed E-state index contributed by atoms with van der Waals surface area (Å²) in [5.74, 6) is -1.16. The first kappa shape index (κ1) is 14.7. The van der Waals surface area contributed by atoms with Crippen LogP contribution in [-0.2, 0) is 4.74 Å². The fourth-order valence-corrected chi connectivity index (χ4v) is 2.29. The van der Waals surface area contributed by atoms with Crippen LogP contribution in [0.2, 0.25) is 0 Å². The Hall–Kier alpha value is -1.40. The number of nitrogens with zero attached hydrogens (tertiary/aromatic N) is 1. The molecular formula is C12H17NO4S. The number of carbonyl (C=O) groups excluding carboxylic acids is 1. The van der Waals surface area contributed by atoms with Gasteiger partial charge in [-0.25, -0.2) is 4.79 Å². The number of rotatable bonds is 6. The maximum absolute atomic E-state index is 12.2. The lowest BCUT2D eigenvalue weighted by atomic mass is 10.3. The summed E-state index contributed by atoms with van der Waals surface area (Å²) in [5, 5.41) is 8.83. The lowest BCUT2D eigenvalue weighted by molar-refractivity contribution is 0.0639. The van der Waals surface area contributed by atoms with Gasteiger partial charge in [-0.2, -0.15) is 0 Å². The summed E-state index contributed by atoms with van der Waals surface area (Å²) >= 11 is 0.997. The van der Waals surface area contributed by atoms with E-state index in [1.165, 1.54) is 6.07 Å². The summed E-state index contributed by atoms with van der Waals surface area (Å²) < 4.78 is 4.97. The number of amides is 1. The van der Waals surface area contributed by atoms with Crippen molar-refractivity contribution in [3.63, 3.8) is 0 Å². The molecule has 1 rings (SSSR count). The summed E-state index contributed by atoms with van der Waals surface area (Å²) in [4.78, 5) is 25.3. The van der Waals surface area contributed by atoms with E-state index in [0.717, 1.165) is 11.3 Å². The maximum atomic E-state index is 12.2. The summed E-state index contributed by atoms with van der Waals surface area (Å²) in [6, 6.07) is 3.05. The standard InChI is InChI=1S/C12H17NO4S/c1-8(2)13(6-7-17-3)11(14)9-4-5-10(18-9)12(15)16/h4-5,8H,6-7H2,1-3H3,(H,15,16). The number of hydrogen-bond acceptors (Lipinski definition) is 4. The Kier molecular flexibility index (Phi) is 5.30. The SMILES string of the molecule is COCCN(C(=O)c1ccc(C(=O)O)s1)C(C)C. The second-order valence-corrected chi connectivity index (χ2v) is 5.14. The molecule has 0 bridgehead atoms. The van der Waals surface area contributed by atoms with Gasteiger partial charge in [-0.05, 0) is 26.0 Å². The Balaban J connectivity index is 2.84. The topological polar surface area (TPSA) is 66.8 Å². The van der Waals surface area contributed by atoms with Crippen molar-refractivity contribution in [1.29, 1.82) is 0 Å². The van der Waals surface area contributed by atoms with Crippen LogP contribution in [-0.4, -0.2) is 48.2 Å². The molecule has 1 N–H and O–H groups in total. The number of carboxylic acids is 1. The molecule has 1 aromatic rings. The van der Waals surface area contributed by atoms with Crippen molar-refractivity contribution in [2.24, 2.45) is 0 Å². The molecule has 0 aliphatic heterocycles. The van der Waals surface area contributed by atoms with E-state index in [0.29, 0.717) is 18.0 Å². The van der Waals surface area contributed by atoms with Gasteiger partial charge in [0.1, 0.15) is 4.88 Å². The summed E-state index contributed by atoms with van der Waals surface area (Å²) in [7, 11) is 1.58. The van der Waals surface area contributed by atoms with E-state index in [-0.39, 0.29) is 16.8 Å². The third-order valence-electron chi connectivity index (χ3n) is 2.45. The van der Waals surface area contributed by atoms with Gasteiger partial charge < -0.3 is 14.7 Å². The molecule has 0 aromatic carbocycles. The van der Waals surface area contributed by atoms with Gasteiger partial charge in [0.2, 0.25) is 0 Å². The molecule has 1 amide bonds. The Morgan fingerprint density at radius 2 is 2.00 bits per heavy atom. The molecule has 1 heterocycles. The minimum absolute atomic E-state index is 0.0445. The molecule has 0 radical (unpaired) electrons. The zero-order valence-corrected chi connectivity index (χ0v) is 11.5. The average molecular weight is 271 g/mol. The number of aromatic carboxylic acids is 1. The molecule has 0 aliphatic carbocycles. The molecule has 100 valence electrons. The van der Waals surface area contributed by atoms with Crippen LogP contribution in [0.1, 0.15) is 33.2 Å². The van der Waals surface area contributed by atoms with Gasteiger partial charge in [0.05, 0.1) is 11.5 Å². The molecule has 0 aliphatic rings. The highest BCUT2D eigenvalue weighted by Gasteiger charge is 2.21. The van der Waals surface area contributed by atoms with Gasteiger partial charge >= 0.3 is 5.97 Å². The number of hydrogen-bond donors (Lipinski definition) is 1. The number of methoxy groups -OCH3 is 1. The van der Waals surface area contributed by atoms with E-state index < -0.39 is 5.97 Å². The molecule has 0 spiro atoms. The Labute approximate surface area is 110 Å². The largest absolute Gasteiger partial charge is 0.477 e. The fraction of sp³-hybridized carbons (Fsp3) is 0.500. The lowest BCUT2D eigenvalue weighted by Crippen LogP contribution is -2.38. The molecule has 5 nitrogen and oxygen atoms in total. The molecule has 0 saturated heterocycles. The second-order valence-electron chi connectivity index (χ2n) is 4.05. The number of thiophene rings is 1. The highest BCUT2D eigenvalue weighted by atomic mass is 32.1. The Morgan fingerprint density at radius 1 is 1.39 bits per heavy atom. The van der Waals surface area contributed by atoms with Gasteiger partial charge in [-0.1, -0.05) is 0 Å². The molecule has 0 atom stereocenters. The number of carboxylic acid groups (broad SMARTS) is 1. The number of ether oxygens (including phenoxy) is 1. The minimum Gasteiger partial charge on any atom is -0.477 e. The van der Waals surface area contributed by atoms with E-state index in [2.05, 4.69) is 0 Å². The van der Waals surface area contributed by atoms with Crippen LogP contribution in [0, 0.1) is 0 Å². The van der Waals surface area contributed by atoms with Gasteiger partial charge in [0.15, 0.2) is 0 Å². The van der Waals surface area contributed by atoms with Crippen molar-refractivity contribution in [3.8, 4) is 0 Å². The quantitative estimate of drug-likeness (QED) is 0.858. The summed E-state index contributed by atoms with van der Waals surface area (Å²) in [6.07, 6.45) is 0. The third kappa shape index (κ3) is 3.54. The van der Waals surface area contributed by atoms with E-state index >= 15 is 0 Å². The molecule has 6 heteroatoms. The van der Waals surface area contributed by atoms with Crippen LogP contribution in [0.3, 0.4) is 0 Å². The molecule has 0 unspecified atom stereocenters. The maximum Gasteiger partial charge on any atom is 0.345 e. The van der Waals surface area contributed by atoms with Crippen molar-refractivity contribution >= 4 is 23.2 Å². The zero-order valence-electron chi connectivity index (χ0n) is 10.7. The van der Waals surface area contributed by atoms with Crippen molar-refractivity contribution in [1.82, 2.24) is 4.90 Å². The molecule has 0 fully saturated rings. The molecule has 1 aromatic heterocycles. The minimum atomic E-state index is -1.01. The van der Waals surface area contributed by atoms with Crippen LogP contribution in [0.5, 0.6) is 0 Å². The van der Waals surface area contributed by atoms with Crippen LogP contribution in [0.15, 0.2) is 12.1 Å². The van der Waals surface area contributed by atoms with Crippen molar-refractivity contribution in [2.75, 3.05) is 20.3 Å². The van der Waals surface area contributed by atoms with Crippen LogP contribution in [0.25, 0.3) is 0 Å². The lowest BCUT2D eigenvalue weighted by Gasteiger charge is -2.25. The van der Waals surface area contributed by atoms with E-state index in [9.17, 15) is 9.59 Å². The first-order valence-corrected chi connectivity index (χ1v) is 6.42. The van der Waals surface area contributed by atoms with Gasteiger partial charge in [-0.3, -0.25) is 4.79 Å². The number of carbonyl (C=O) groups is 2. The third-order valence-corrected chi connectivity index (χ3v) is 3.51. The Bertz CT molecular complexity index is 427. The fourth-order valence-electron chi connectivity index (χ4n) is 1.49. The first-order valence-electron chi connectivity index (χ1n) is 5.60. The highest BCUT2D eigenvalue weighted by molar-refractivity contribution is 7.15. The van der Waals surface area contributed by atoms with E-state index in [1.807, 2.05) is 13.8 Å². The average Bonchev–Trinajstić information content (AvgIpc) is 2.78. The molecule has 18 heavy (non-hydrogen) atoms. The monoisotopic (exact) mass is 271 g/mol. The zero-order chi connectivity index (χ0) is 13.7. The van der Waals surface area contributed by atoms with Gasteiger partial charge in [0, 0.05) is 19.7 Å². The predicted octanol–water partition coefficient (Wildman–Crippen LogP) is 1.94. The van der Waals surface area contributed by atoms with Gasteiger partial charge in [0.25, 0.3) is 5.91 Å². The van der Waals surface area contributed by atoms with E-state index in [1.54, 1.807) is 18.1 Å². The van der Waals surface area contributed by atoms with Crippen molar-refractivity contribution in [3.05, 3.63) is 21.9 Å². The summed E-state index contributed by atoms with van der Waals surface area (Å²) in [6.45, 7) is 4.78. The predicted molar refractivity (Wildman–Crippen MR) is 69.3 cm³/mol. The molecular weight excluding hydrogens is 254 g/mol. The first-order chi connectivity index (χ1) is 8.47. The van der Waals surface area contributed by atoms with Gasteiger partial charge in [-0.15, -0.1) is 11.3 Å². The second kappa shape index (κ2) is 6.51. The Morgan fingerprint density at radius 3 is 2.44 bits per heavy atom. The van der Waals surface area contributed by atoms with Crippen LogP contribution < -0.4 is 0 Å². The smallest absolute Gasteiger partial charge is 0.345 e. The summed E-state index contributed by atoms with van der Waals surface area (Å²) in [5.41, 5.74) is 0. The van der Waals surface area contributed by atoms with Crippen molar-refractivity contribution < 1.29 is 19.4 Å². The van der Waals surface area contributed by atoms with Crippen LogP contribution in [0.4, 0.5) is 0 Å². The highest BCUT2D eigenvalue weighted by Crippen LogP contribution is 2.19. The molecule has 0 saturated carbocycles.